The number of Topliss-reactive ketones (excluding diaryl/α,β-unsaturated/α-hetero) is 1. The van der Waals surface area contributed by atoms with Gasteiger partial charge >= 0.3 is 0 Å². The monoisotopic (exact) mass is 266 g/mol. The minimum absolute atomic E-state index is 0.0693. The molecule has 3 nitrogen and oxygen atoms in total. The molecule has 0 aliphatic rings. The first-order valence-electron chi connectivity index (χ1n) is 6.49. The third-order valence-corrected chi connectivity index (χ3v) is 3.05. The number of hydrogen-bond donors (Lipinski definition) is 0. The van der Waals surface area contributed by atoms with E-state index in [0.717, 1.165) is 16.9 Å². The summed E-state index contributed by atoms with van der Waals surface area (Å²) >= 11 is 0. The smallest absolute Gasteiger partial charge is 0.159 e. The van der Waals surface area contributed by atoms with E-state index in [0.29, 0.717) is 5.56 Å². The van der Waals surface area contributed by atoms with Gasteiger partial charge in [-0.05, 0) is 48.9 Å². The Bertz CT molecular complexity index is 610. The summed E-state index contributed by atoms with van der Waals surface area (Å²) in [5.41, 5.74) is 3.75. The summed E-state index contributed by atoms with van der Waals surface area (Å²) in [5.74, 6) is 0.0693. The number of rotatable bonds is 4. The second-order valence-electron chi connectivity index (χ2n) is 4.85. The molecule has 2 aromatic rings. The summed E-state index contributed by atoms with van der Waals surface area (Å²) in [6.45, 7) is 1.56. The molecule has 0 heterocycles. The van der Waals surface area contributed by atoms with Crippen LogP contribution in [0.15, 0.2) is 53.5 Å². The molecule has 0 radical (unpaired) electrons. The highest BCUT2D eigenvalue weighted by molar-refractivity contribution is 5.94. The maximum atomic E-state index is 11.2. The Morgan fingerprint density at radius 1 is 1.00 bits per heavy atom. The molecule has 2 rings (SSSR count). The van der Waals surface area contributed by atoms with Crippen molar-refractivity contribution in [2.75, 3.05) is 19.0 Å². The van der Waals surface area contributed by atoms with Crippen LogP contribution < -0.4 is 4.90 Å². The molecule has 0 fully saturated rings. The summed E-state index contributed by atoms with van der Waals surface area (Å²) in [6, 6.07) is 15.5. The van der Waals surface area contributed by atoms with Gasteiger partial charge in [-0.2, -0.15) is 0 Å². The Kier molecular flexibility index (Phi) is 4.31. The number of carbonyl (C=O) groups is 1. The number of carbonyl (C=O) groups excluding carboxylic acids is 1. The van der Waals surface area contributed by atoms with E-state index in [1.54, 1.807) is 19.1 Å². The van der Waals surface area contributed by atoms with Crippen LogP contribution in [0.2, 0.25) is 0 Å². The van der Waals surface area contributed by atoms with Crippen LogP contribution in [0.4, 0.5) is 11.4 Å². The Morgan fingerprint density at radius 2 is 1.60 bits per heavy atom. The van der Waals surface area contributed by atoms with Gasteiger partial charge in [0, 0.05) is 31.6 Å². The highest BCUT2D eigenvalue weighted by Crippen LogP contribution is 2.15. The molecule has 0 aromatic heterocycles. The molecule has 0 aliphatic carbocycles. The number of anilines is 1. The summed E-state index contributed by atoms with van der Waals surface area (Å²) in [6.07, 6.45) is 1.82. The fraction of sp³-hybridized carbons (Fsp3) is 0.176. The first kappa shape index (κ1) is 14.0. The van der Waals surface area contributed by atoms with E-state index >= 15 is 0 Å². The van der Waals surface area contributed by atoms with Crippen LogP contribution in [0.5, 0.6) is 0 Å². The third kappa shape index (κ3) is 3.54. The lowest BCUT2D eigenvalue weighted by Crippen LogP contribution is -2.08. The molecule has 0 spiro atoms. The summed E-state index contributed by atoms with van der Waals surface area (Å²) < 4.78 is 0. The van der Waals surface area contributed by atoms with Crippen LogP contribution in [-0.2, 0) is 0 Å². The minimum atomic E-state index is 0.0693. The van der Waals surface area contributed by atoms with Crippen molar-refractivity contribution in [1.29, 1.82) is 0 Å². The van der Waals surface area contributed by atoms with Crippen molar-refractivity contribution in [2.24, 2.45) is 4.99 Å². The SMILES string of the molecule is CC(=O)c1ccc(N=Cc2ccc(N(C)C)cc2)cc1. The van der Waals surface area contributed by atoms with E-state index < -0.39 is 0 Å². The number of aliphatic imine (C=N–C) groups is 1. The molecule has 0 saturated carbocycles. The number of benzene rings is 2. The van der Waals surface area contributed by atoms with Gasteiger partial charge in [-0.3, -0.25) is 9.79 Å². The van der Waals surface area contributed by atoms with Gasteiger partial charge in [-0.15, -0.1) is 0 Å². The quantitative estimate of drug-likeness (QED) is 0.624. The molecular formula is C17H18N2O. The van der Waals surface area contributed by atoms with Gasteiger partial charge in [-0.1, -0.05) is 12.1 Å². The molecule has 102 valence electrons. The maximum absolute atomic E-state index is 11.2. The lowest BCUT2D eigenvalue weighted by Gasteiger charge is -2.11. The van der Waals surface area contributed by atoms with Gasteiger partial charge in [0.1, 0.15) is 0 Å². The zero-order valence-electron chi connectivity index (χ0n) is 12.0. The fourth-order valence-corrected chi connectivity index (χ4v) is 1.79. The molecule has 0 atom stereocenters. The molecular weight excluding hydrogens is 248 g/mol. The largest absolute Gasteiger partial charge is 0.378 e. The maximum Gasteiger partial charge on any atom is 0.159 e. The third-order valence-electron chi connectivity index (χ3n) is 3.05. The van der Waals surface area contributed by atoms with Crippen molar-refractivity contribution in [2.45, 2.75) is 6.92 Å². The summed E-state index contributed by atoms with van der Waals surface area (Å²) in [7, 11) is 4.03. The molecule has 2 aromatic carbocycles. The van der Waals surface area contributed by atoms with Gasteiger partial charge in [0.05, 0.1) is 5.69 Å². The van der Waals surface area contributed by atoms with Crippen molar-refractivity contribution < 1.29 is 4.79 Å². The minimum Gasteiger partial charge on any atom is -0.378 e. The second kappa shape index (κ2) is 6.15. The lowest BCUT2D eigenvalue weighted by atomic mass is 10.1. The van der Waals surface area contributed by atoms with Crippen LogP contribution in [-0.4, -0.2) is 26.1 Å². The zero-order chi connectivity index (χ0) is 14.5. The molecule has 0 amide bonds. The Morgan fingerprint density at radius 3 is 2.10 bits per heavy atom. The van der Waals surface area contributed by atoms with Crippen molar-refractivity contribution in [1.82, 2.24) is 0 Å². The molecule has 0 saturated heterocycles. The van der Waals surface area contributed by atoms with E-state index in [4.69, 9.17) is 0 Å². The van der Waals surface area contributed by atoms with Crippen molar-refractivity contribution in [3.05, 3.63) is 59.7 Å². The zero-order valence-corrected chi connectivity index (χ0v) is 12.0. The van der Waals surface area contributed by atoms with E-state index in [9.17, 15) is 4.79 Å². The van der Waals surface area contributed by atoms with Crippen LogP contribution in [0.3, 0.4) is 0 Å². The van der Waals surface area contributed by atoms with Crippen molar-refractivity contribution in [3.63, 3.8) is 0 Å². The topological polar surface area (TPSA) is 32.7 Å². The van der Waals surface area contributed by atoms with E-state index in [1.807, 2.05) is 44.6 Å². The summed E-state index contributed by atoms with van der Waals surface area (Å²) in [4.78, 5) is 17.6. The molecule has 0 bridgehead atoms. The van der Waals surface area contributed by atoms with Gasteiger partial charge < -0.3 is 4.90 Å². The molecule has 20 heavy (non-hydrogen) atoms. The Balaban J connectivity index is 2.10. The van der Waals surface area contributed by atoms with Crippen LogP contribution in [0, 0.1) is 0 Å². The van der Waals surface area contributed by atoms with Crippen molar-refractivity contribution in [3.8, 4) is 0 Å². The lowest BCUT2D eigenvalue weighted by molar-refractivity contribution is 0.101. The molecule has 3 heteroatoms. The van der Waals surface area contributed by atoms with E-state index in [-0.39, 0.29) is 5.78 Å². The van der Waals surface area contributed by atoms with Gasteiger partial charge in [0.25, 0.3) is 0 Å². The predicted octanol–water partition coefficient (Wildman–Crippen LogP) is 3.71. The standard InChI is InChI=1S/C17H18N2O/c1-13(20)15-6-8-16(9-7-15)18-12-14-4-10-17(11-5-14)19(2)3/h4-12H,1-3H3. The van der Waals surface area contributed by atoms with Gasteiger partial charge in [0.2, 0.25) is 0 Å². The molecule has 0 unspecified atom stereocenters. The number of ketones is 1. The Hall–Kier alpha value is -2.42. The van der Waals surface area contributed by atoms with E-state index in [1.165, 1.54) is 0 Å². The predicted molar refractivity (Wildman–Crippen MR) is 84.5 cm³/mol. The summed E-state index contributed by atoms with van der Waals surface area (Å²) in [5, 5.41) is 0. The first-order valence-corrected chi connectivity index (χ1v) is 6.49. The van der Waals surface area contributed by atoms with Crippen LogP contribution >= 0.6 is 0 Å². The molecule has 0 N–H and O–H groups in total. The van der Waals surface area contributed by atoms with Crippen LogP contribution in [0.1, 0.15) is 22.8 Å². The highest BCUT2D eigenvalue weighted by atomic mass is 16.1. The highest BCUT2D eigenvalue weighted by Gasteiger charge is 1.98. The van der Waals surface area contributed by atoms with Crippen LogP contribution in [0.25, 0.3) is 0 Å². The second-order valence-corrected chi connectivity index (χ2v) is 4.85. The van der Waals surface area contributed by atoms with Crippen molar-refractivity contribution >= 4 is 23.4 Å². The number of hydrogen-bond acceptors (Lipinski definition) is 3. The molecule has 0 aliphatic heterocycles. The number of nitrogens with zero attached hydrogens (tertiary/aromatic N) is 2. The first-order chi connectivity index (χ1) is 9.56. The van der Waals surface area contributed by atoms with E-state index in [2.05, 4.69) is 22.0 Å². The fourth-order valence-electron chi connectivity index (χ4n) is 1.79. The average Bonchev–Trinajstić information content (AvgIpc) is 2.46. The normalized spacial score (nSPS) is 10.8. The van der Waals surface area contributed by atoms with Gasteiger partial charge in [0.15, 0.2) is 5.78 Å². The van der Waals surface area contributed by atoms with Gasteiger partial charge in [-0.25, -0.2) is 0 Å². The average molecular weight is 266 g/mol. The Labute approximate surface area is 119 Å².